The Kier molecular flexibility index (Phi) is 3.17. The van der Waals surface area contributed by atoms with Gasteiger partial charge in [-0.05, 0) is 26.0 Å². The summed E-state index contributed by atoms with van der Waals surface area (Å²) in [5.41, 5.74) is 1.19. The molecule has 1 aromatic carbocycles. The average Bonchev–Trinajstić information content (AvgIpc) is 2.67. The molecule has 2 aliphatic rings. The van der Waals surface area contributed by atoms with Crippen LogP contribution in [0.2, 0.25) is 0 Å². The average molecular weight is 275 g/mol. The Bertz CT molecular complexity index is 547. The van der Waals surface area contributed by atoms with Crippen LogP contribution < -0.4 is 4.90 Å². The fraction of sp³-hybridized carbons (Fsp3) is 0.500. The van der Waals surface area contributed by atoms with Crippen LogP contribution in [0, 0.1) is 10.1 Å². The van der Waals surface area contributed by atoms with Crippen molar-refractivity contribution in [3.8, 4) is 0 Å². The van der Waals surface area contributed by atoms with Crippen LogP contribution in [0.1, 0.15) is 23.2 Å². The number of piperazine rings is 1. The molecular formula is C14H17N3O3. The highest BCUT2D eigenvalue weighted by Gasteiger charge is 2.38. The molecule has 2 heterocycles. The summed E-state index contributed by atoms with van der Waals surface area (Å²) >= 11 is 0. The third-order valence-corrected chi connectivity index (χ3v) is 4.54. The van der Waals surface area contributed by atoms with Gasteiger partial charge < -0.3 is 4.90 Å². The number of anilines is 1. The van der Waals surface area contributed by atoms with Crippen LogP contribution in [0.3, 0.4) is 0 Å². The normalized spacial score (nSPS) is 25.8. The topological polar surface area (TPSA) is 66.7 Å². The number of carbonyl (C=O) groups is 1. The summed E-state index contributed by atoms with van der Waals surface area (Å²) in [5, 5.41) is 10.8. The predicted octanol–water partition coefficient (Wildman–Crippen LogP) is 1.69. The van der Waals surface area contributed by atoms with Crippen LogP contribution in [0.4, 0.5) is 11.4 Å². The van der Waals surface area contributed by atoms with Gasteiger partial charge in [0.05, 0.1) is 4.92 Å². The van der Waals surface area contributed by atoms with E-state index in [1.807, 2.05) is 0 Å². The first kappa shape index (κ1) is 13.1. The Hall–Kier alpha value is -1.95. The molecule has 3 rings (SSSR count). The highest BCUT2D eigenvalue weighted by molar-refractivity contribution is 5.86. The summed E-state index contributed by atoms with van der Waals surface area (Å²) in [4.78, 5) is 26.1. The lowest BCUT2D eigenvalue weighted by atomic mass is 10.1. The SMILES string of the molecule is CN1C2CCC1CN(c1ccc([N+](=O)[O-])cc1C=O)C2. The second-order valence-electron chi connectivity index (χ2n) is 5.57. The standard InChI is InChI=1S/C14H17N3O3/c1-15-12-2-3-13(15)8-16(7-12)14-5-4-11(17(19)20)6-10(14)9-18/h4-6,9,12-13H,2-3,7-8H2,1H3. The van der Waals surface area contributed by atoms with E-state index in [0.717, 1.165) is 18.8 Å². The second-order valence-corrected chi connectivity index (χ2v) is 5.57. The number of nitrogens with zero attached hydrogens (tertiary/aromatic N) is 3. The number of benzene rings is 1. The minimum atomic E-state index is -0.468. The molecule has 0 radical (unpaired) electrons. The summed E-state index contributed by atoms with van der Waals surface area (Å²) < 4.78 is 0. The minimum absolute atomic E-state index is 0.0343. The van der Waals surface area contributed by atoms with E-state index in [-0.39, 0.29) is 5.69 Å². The number of non-ortho nitro benzene ring substituents is 1. The molecule has 2 bridgehead atoms. The van der Waals surface area contributed by atoms with Crippen molar-refractivity contribution in [3.05, 3.63) is 33.9 Å². The zero-order valence-electron chi connectivity index (χ0n) is 11.4. The Balaban J connectivity index is 1.91. The van der Waals surface area contributed by atoms with Gasteiger partial charge in [-0.3, -0.25) is 19.8 Å². The van der Waals surface area contributed by atoms with Crippen molar-refractivity contribution in [2.24, 2.45) is 0 Å². The Labute approximate surface area is 117 Å². The molecule has 0 N–H and O–H groups in total. The quantitative estimate of drug-likeness (QED) is 0.477. The van der Waals surface area contributed by atoms with Crippen LogP contribution in [0.5, 0.6) is 0 Å². The maximum atomic E-state index is 11.2. The lowest BCUT2D eigenvalue weighted by molar-refractivity contribution is -0.384. The number of hydrogen-bond acceptors (Lipinski definition) is 5. The van der Waals surface area contributed by atoms with Gasteiger partial charge >= 0.3 is 0 Å². The van der Waals surface area contributed by atoms with Gasteiger partial charge in [-0.25, -0.2) is 0 Å². The van der Waals surface area contributed by atoms with Crippen LogP contribution in [-0.4, -0.2) is 48.3 Å². The van der Waals surface area contributed by atoms with Crippen molar-refractivity contribution in [2.45, 2.75) is 24.9 Å². The van der Waals surface area contributed by atoms with Crippen LogP contribution in [-0.2, 0) is 0 Å². The van der Waals surface area contributed by atoms with Crippen molar-refractivity contribution in [3.63, 3.8) is 0 Å². The molecule has 2 atom stereocenters. The number of nitro groups is 1. The van der Waals surface area contributed by atoms with Crippen molar-refractivity contribution in [2.75, 3.05) is 25.0 Å². The smallest absolute Gasteiger partial charge is 0.270 e. The van der Waals surface area contributed by atoms with Crippen molar-refractivity contribution in [1.82, 2.24) is 4.90 Å². The minimum Gasteiger partial charge on any atom is -0.368 e. The molecule has 0 aromatic heterocycles. The first-order valence-corrected chi connectivity index (χ1v) is 6.80. The largest absolute Gasteiger partial charge is 0.368 e. The summed E-state index contributed by atoms with van der Waals surface area (Å²) in [6.07, 6.45) is 3.07. The van der Waals surface area contributed by atoms with Gasteiger partial charge in [0.2, 0.25) is 0 Å². The number of hydrogen-bond donors (Lipinski definition) is 0. The third kappa shape index (κ3) is 2.06. The van der Waals surface area contributed by atoms with Gasteiger partial charge in [-0.2, -0.15) is 0 Å². The number of fused-ring (bicyclic) bond motifs is 2. The molecule has 20 heavy (non-hydrogen) atoms. The summed E-state index contributed by atoms with van der Waals surface area (Å²) in [5.74, 6) is 0. The molecule has 0 amide bonds. The van der Waals surface area contributed by atoms with Crippen molar-refractivity contribution in [1.29, 1.82) is 0 Å². The fourth-order valence-corrected chi connectivity index (χ4v) is 3.35. The van der Waals surface area contributed by atoms with E-state index in [9.17, 15) is 14.9 Å². The van der Waals surface area contributed by atoms with Crippen molar-refractivity contribution >= 4 is 17.7 Å². The first-order valence-electron chi connectivity index (χ1n) is 6.80. The molecule has 0 spiro atoms. The molecule has 6 heteroatoms. The Morgan fingerprint density at radius 3 is 2.50 bits per heavy atom. The Morgan fingerprint density at radius 2 is 1.95 bits per heavy atom. The second kappa shape index (κ2) is 4.86. The predicted molar refractivity (Wildman–Crippen MR) is 75.3 cm³/mol. The number of nitro benzene ring substituents is 1. The van der Waals surface area contributed by atoms with Crippen LogP contribution in [0.15, 0.2) is 18.2 Å². The lowest BCUT2D eigenvalue weighted by Crippen LogP contribution is -2.52. The first-order chi connectivity index (χ1) is 9.60. The third-order valence-electron chi connectivity index (χ3n) is 4.54. The van der Waals surface area contributed by atoms with E-state index in [0.29, 0.717) is 23.9 Å². The summed E-state index contributed by atoms with van der Waals surface area (Å²) in [7, 11) is 2.15. The molecule has 2 fully saturated rings. The molecule has 2 saturated heterocycles. The molecule has 2 unspecified atom stereocenters. The van der Waals surface area contributed by atoms with Gasteiger partial charge in [0.25, 0.3) is 5.69 Å². The van der Waals surface area contributed by atoms with Gasteiger partial charge in [-0.15, -0.1) is 0 Å². The number of aldehydes is 1. The zero-order chi connectivity index (χ0) is 14.3. The highest BCUT2D eigenvalue weighted by atomic mass is 16.6. The van der Waals surface area contributed by atoms with Crippen LogP contribution in [0.25, 0.3) is 0 Å². The molecule has 0 aliphatic carbocycles. The maximum Gasteiger partial charge on any atom is 0.270 e. The molecule has 0 saturated carbocycles. The number of likely N-dealkylation sites (N-methyl/N-ethyl adjacent to an activating group) is 1. The van der Waals surface area contributed by atoms with E-state index in [4.69, 9.17) is 0 Å². The molecular weight excluding hydrogens is 258 g/mol. The fourth-order valence-electron chi connectivity index (χ4n) is 3.35. The molecule has 106 valence electrons. The summed E-state index contributed by atoms with van der Waals surface area (Å²) in [6, 6.07) is 5.57. The number of rotatable bonds is 3. The maximum absolute atomic E-state index is 11.2. The highest BCUT2D eigenvalue weighted by Crippen LogP contribution is 2.33. The molecule has 6 nitrogen and oxygen atoms in total. The Morgan fingerprint density at radius 1 is 1.30 bits per heavy atom. The zero-order valence-corrected chi connectivity index (χ0v) is 11.4. The van der Waals surface area contributed by atoms with Gasteiger partial charge in [0, 0.05) is 48.6 Å². The van der Waals surface area contributed by atoms with E-state index < -0.39 is 4.92 Å². The van der Waals surface area contributed by atoms with Gasteiger partial charge in [0.15, 0.2) is 6.29 Å². The number of carbonyl (C=O) groups excluding carboxylic acids is 1. The molecule has 2 aliphatic heterocycles. The molecule has 1 aromatic rings. The van der Waals surface area contributed by atoms with Gasteiger partial charge in [0.1, 0.15) is 0 Å². The van der Waals surface area contributed by atoms with E-state index in [2.05, 4.69) is 16.8 Å². The van der Waals surface area contributed by atoms with E-state index in [1.165, 1.54) is 25.0 Å². The van der Waals surface area contributed by atoms with Crippen LogP contribution >= 0.6 is 0 Å². The van der Waals surface area contributed by atoms with Gasteiger partial charge in [-0.1, -0.05) is 0 Å². The van der Waals surface area contributed by atoms with E-state index in [1.54, 1.807) is 6.07 Å². The lowest BCUT2D eigenvalue weighted by Gasteiger charge is -2.40. The monoisotopic (exact) mass is 275 g/mol. The van der Waals surface area contributed by atoms with E-state index >= 15 is 0 Å². The van der Waals surface area contributed by atoms with Crippen molar-refractivity contribution < 1.29 is 9.72 Å². The summed E-state index contributed by atoms with van der Waals surface area (Å²) in [6.45, 7) is 1.76.